The second-order valence-electron chi connectivity index (χ2n) is 3.68. The SMILES string of the molecule is CCCC.N#Cc1cccc(OC(=O)CC(=O)O)c1. The van der Waals surface area contributed by atoms with Crippen LogP contribution in [0.15, 0.2) is 24.3 Å². The maximum Gasteiger partial charge on any atom is 0.322 e. The van der Waals surface area contributed by atoms with E-state index < -0.39 is 18.4 Å². The minimum Gasteiger partial charge on any atom is -0.481 e. The van der Waals surface area contributed by atoms with Crippen LogP contribution < -0.4 is 4.74 Å². The van der Waals surface area contributed by atoms with Gasteiger partial charge in [-0.1, -0.05) is 32.8 Å². The van der Waals surface area contributed by atoms with Gasteiger partial charge in [0.05, 0.1) is 11.6 Å². The minimum atomic E-state index is -1.25. The van der Waals surface area contributed by atoms with Crippen molar-refractivity contribution in [2.75, 3.05) is 0 Å². The molecule has 19 heavy (non-hydrogen) atoms. The van der Waals surface area contributed by atoms with E-state index in [0.717, 1.165) is 0 Å². The molecular formula is C14H17NO4. The molecule has 1 aromatic rings. The summed E-state index contributed by atoms with van der Waals surface area (Å²) in [6.07, 6.45) is 1.94. The van der Waals surface area contributed by atoms with Crippen molar-refractivity contribution in [3.63, 3.8) is 0 Å². The van der Waals surface area contributed by atoms with Crippen LogP contribution in [0.1, 0.15) is 38.7 Å². The summed E-state index contributed by atoms with van der Waals surface area (Å²) in [6.45, 7) is 4.36. The van der Waals surface area contributed by atoms with Gasteiger partial charge in [0.15, 0.2) is 0 Å². The zero-order valence-electron chi connectivity index (χ0n) is 11.0. The van der Waals surface area contributed by atoms with Crippen molar-refractivity contribution in [3.8, 4) is 11.8 Å². The van der Waals surface area contributed by atoms with E-state index in [9.17, 15) is 9.59 Å². The maximum atomic E-state index is 10.9. The van der Waals surface area contributed by atoms with E-state index in [1.54, 1.807) is 12.1 Å². The predicted octanol–water partition coefficient (Wildman–Crippen LogP) is 2.74. The summed E-state index contributed by atoms with van der Waals surface area (Å²) in [7, 11) is 0. The number of hydrogen-bond acceptors (Lipinski definition) is 4. The summed E-state index contributed by atoms with van der Waals surface area (Å²) in [5, 5.41) is 16.9. The average molecular weight is 263 g/mol. The molecule has 0 saturated heterocycles. The number of benzene rings is 1. The highest BCUT2D eigenvalue weighted by Gasteiger charge is 2.09. The molecule has 5 heteroatoms. The number of hydrogen-bond donors (Lipinski definition) is 1. The molecule has 0 aliphatic heterocycles. The molecule has 1 rings (SSSR count). The summed E-state index contributed by atoms with van der Waals surface area (Å²) in [5.41, 5.74) is 0.343. The molecule has 1 N–H and O–H groups in total. The fourth-order valence-corrected chi connectivity index (χ4v) is 0.920. The third-order valence-electron chi connectivity index (χ3n) is 1.99. The van der Waals surface area contributed by atoms with Gasteiger partial charge in [0.1, 0.15) is 12.2 Å². The number of nitriles is 1. The van der Waals surface area contributed by atoms with E-state index in [0.29, 0.717) is 5.56 Å². The van der Waals surface area contributed by atoms with Gasteiger partial charge in [0, 0.05) is 0 Å². The summed E-state index contributed by atoms with van der Waals surface area (Å²) >= 11 is 0. The van der Waals surface area contributed by atoms with Crippen LogP contribution in [0.5, 0.6) is 5.75 Å². The van der Waals surface area contributed by atoms with Gasteiger partial charge >= 0.3 is 11.9 Å². The Morgan fingerprint density at radius 2 is 1.95 bits per heavy atom. The van der Waals surface area contributed by atoms with Crippen LogP contribution in [0, 0.1) is 11.3 Å². The van der Waals surface area contributed by atoms with Crippen LogP contribution in [0.25, 0.3) is 0 Å². The standard InChI is InChI=1S/C10H7NO4.C4H10/c11-6-7-2-1-3-8(4-7)15-10(14)5-9(12)13;1-3-4-2/h1-4H,5H2,(H,12,13);3-4H2,1-2H3. The van der Waals surface area contributed by atoms with Gasteiger partial charge in [-0.15, -0.1) is 0 Å². The van der Waals surface area contributed by atoms with Crippen molar-refractivity contribution in [3.05, 3.63) is 29.8 Å². The third-order valence-corrected chi connectivity index (χ3v) is 1.99. The van der Waals surface area contributed by atoms with Gasteiger partial charge in [-0.25, -0.2) is 0 Å². The summed E-state index contributed by atoms with van der Waals surface area (Å²) in [4.78, 5) is 21.1. The van der Waals surface area contributed by atoms with Gasteiger partial charge in [0.25, 0.3) is 0 Å². The van der Waals surface area contributed by atoms with Crippen LogP contribution in [0.3, 0.4) is 0 Å². The molecule has 0 aliphatic rings. The molecule has 0 spiro atoms. The lowest BCUT2D eigenvalue weighted by atomic mass is 10.2. The lowest BCUT2D eigenvalue weighted by Crippen LogP contribution is -2.13. The molecule has 0 heterocycles. The lowest BCUT2D eigenvalue weighted by molar-refractivity contribution is -0.145. The van der Waals surface area contributed by atoms with E-state index in [1.807, 2.05) is 6.07 Å². The third kappa shape index (κ3) is 8.38. The molecule has 1 aromatic carbocycles. The number of nitrogens with zero attached hydrogens (tertiary/aromatic N) is 1. The quantitative estimate of drug-likeness (QED) is 0.512. The first-order chi connectivity index (χ1) is 9.03. The van der Waals surface area contributed by atoms with Gasteiger partial charge in [-0.2, -0.15) is 5.26 Å². The fourth-order valence-electron chi connectivity index (χ4n) is 0.920. The van der Waals surface area contributed by atoms with Crippen LogP contribution in [-0.2, 0) is 9.59 Å². The topological polar surface area (TPSA) is 87.4 Å². The highest BCUT2D eigenvalue weighted by molar-refractivity contribution is 5.91. The Labute approximate surface area is 112 Å². The Morgan fingerprint density at radius 3 is 2.42 bits per heavy atom. The Kier molecular flexibility index (Phi) is 8.46. The van der Waals surface area contributed by atoms with Crippen molar-refractivity contribution in [1.29, 1.82) is 5.26 Å². The Morgan fingerprint density at radius 1 is 1.32 bits per heavy atom. The number of rotatable bonds is 4. The van der Waals surface area contributed by atoms with E-state index in [1.165, 1.54) is 25.0 Å². The van der Waals surface area contributed by atoms with Crippen molar-refractivity contribution < 1.29 is 19.4 Å². The minimum absolute atomic E-state index is 0.167. The number of carbonyl (C=O) groups excluding carboxylic acids is 1. The number of carboxylic acids is 1. The Bertz CT molecular complexity index is 461. The smallest absolute Gasteiger partial charge is 0.322 e. The van der Waals surface area contributed by atoms with Crippen LogP contribution in [-0.4, -0.2) is 17.0 Å². The number of esters is 1. The highest BCUT2D eigenvalue weighted by Crippen LogP contribution is 2.13. The van der Waals surface area contributed by atoms with E-state index in [-0.39, 0.29) is 5.75 Å². The number of ether oxygens (including phenoxy) is 1. The number of carboxylic acid groups (broad SMARTS) is 1. The van der Waals surface area contributed by atoms with E-state index in [2.05, 4.69) is 13.8 Å². The Balaban J connectivity index is 0.000000711. The Hall–Kier alpha value is -2.35. The van der Waals surface area contributed by atoms with Crippen molar-refractivity contribution in [2.45, 2.75) is 33.1 Å². The zero-order chi connectivity index (χ0) is 14.7. The normalized spacial score (nSPS) is 8.68. The number of unbranched alkanes of at least 4 members (excludes halogenated alkanes) is 1. The summed E-state index contributed by atoms with van der Waals surface area (Å²) in [6, 6.07) is 7.80. The molecule has 0 fully saturated rings. The van der Waals surface area contributed by atoms with Gasteiger partial charge in [-0.05, 0) is 18.2 Å². The maximum absolute atomic E-state index is 10.9. The molecule has 102 valence electrons. The molecular weight excluding hydrogens is 246 g/mol. The zero-order valence-corrected chi connectivity index (χ0v) is 11.0. The summed E-state index contributed by atoms with van der Waals surface area (Å²) in [5.74, 6) is -1.95. The molecule has 0 bridgehead atoms. The average Bonchev–Trinajstić information content (AvgIpc) is 2.38. The first-order valence-corrected chi connectivity index (χ1v) is 5.96. The number of aliphatic carboxylic acids is 1. The van der Waals surface area contributed by atoms with Crippen LogP contribution in [0.4, 0.5) is 0 Å². The van der Waals surface area contributed by atoms with E-state index in [4.69, 9.17) is 15.1 Å². The van der Waals surface area contributed by atoms with Crippen LogP contribution >= 0.6 is 0 Å². The molecule has 0 unspecified atom stereocenters. The first kappa shape index (κ1) is 16.6. The highest BCUT2D eigenvalue weighted by atomic mass is 16.5. The second-order valence-corrected chi connectivity index (χ2v) is 3.68. The molecule has 0 aliphatic carbocycles. The van der Waals surface area contributed by atoms with Crippen molar-refractivity contribution in [1.82, 2.24) is 0 Å². The van der Waals surface area contributed by atoms with Crippen LogP contribution in [0.2, 0.25) is 0 Å². The van der Waals surface area contributed by atoms with Gasteiger partial charge < -0.3 is 9.84 Å². The molecule has 0 saturated carbocycles. The van der Waals surface area contributed by atoms with Gasteiger partial charge in [-0.3, -0.25) is 9.59 Å². The molecule has 0 amide bonds. The molecule has 0 aromatic heterocycles. The number of carbonyl (C=O) groups is 2. The monoisotopic (exact) mass is 263 g/mol. The van der Waals surface area contributed by atoms with Crippen molar-refractivity contribution >= 4 is 11.9 Å². The van der Waals surface area contributed by atoms with Crippen molar-refractivity contribution in [2.24, 2.45) is 0 Å². The second kappa shape index (κ2) is 9.66. The fraction of sp³-hybridized carbons (Fsp3) is 0.357. The first-order valence-electron chi connectivity index (χ1n) is 5.96. The lowest BCUT2D eigenvalue weighted by Gasteiger charge is -2.01. The summed E-state index contributed by atoms with van der Waals surface area (Å²) < 4.78 is 4.70. The molecule has 5 nitrogen and oxygen atoms in total. The molecule has 0 atom stereocenters. The molecule has 0 radical (unpaired) electrons. The largest absolute Gasteiger partial charge is 0.481 e. The van der Waals surface area contributed by atoms with E-state index >= 15 is 0 Å². The predicted molar refractivity (Wildman–Crippen MR) is 69.6 cm³/mol. The van der Waals surface area contributed by atoms with Gasteiger partial charge in [0.2, 0.25) is 0 Å².